The molecule has 0 aliphatic carbocycles. The number of hydrogen-bond acceptors (Lipinski definition) is 2. The van der Waals surface area contributed by atoms with E-state index < -0.39 is 43.0 Å². The maximum atomic E-state index is 13.3. The van der Waals surface area contributed by atoms with Crippen molar-refractivity contribution >= 4 is 12.4 Å². The molecule has 0 aromatic heterocycles. The second kappa shape index (κ2) is 7.17. The SMILES string of the molecule is Cl.N[C@H](CCC(F)(F)F)c1ccc(OC(F)(F)F)c(F)c1. The second-order valence-corrected chi connectivity index (χ2v) is 4.00. The average molecular weight is 342 g/mol. The molecule has 1 aromatic carbocycles. The molecule has 0 saturated carbocycles. The zero-order valence-electron chi connectivity index (χ0n) is 10.3. The Bertz CT molecular complexity index is 461. The van der Waals surface area contributed by atoms with Crippen molar-refractivity contribution in [3.63, 3.8) is 0 Å². The van der Waals surface area contributed by atoms with Crippen molar-refractivity contribution in [1.29, 1.82) is 0 Å². The van der Waals surface area contributed by atoms with Gasteiger partial charge < -0.3 is 10.5 Å². The number of nitrogens with two attached hydrogens (primary N) is 1. The van der Waals surface area contributed by atoms with Gasteiger partial charge in [-0.3, -0.25) is 0 Å². The van der Waals surface area contributed by atoms with Gasteiger partial charge in [0.15, 0.2) is 11.6 Å². The highest BCUT2D eigenvalue weighted by Crippen LogP contribution is 2.30. The molecule has 0 bridgehead atoms. The second-order valence-electron chi connectivity index (χ2n) is 4.00. The Balaban J connectivity index is 0.00000400. The molecule has 0 fully saturated rings. The molecule has 0 heterocycles. The molecule has 0 radical (unpaired) electrons. The van der Waals surface area contributed by atoms with Crippen LogP contribution >= 0.6 is 12.4 Å². The topological polar surface area (TPSA) is 35.2 Å². The summed E-state index contributed by atoms with van der Waals surface area (Å²) in [6, 6.07) is 1.16. The smallest absolute Gasteiger partial charge is 0.403 e. The van der Waals surface area contributed by atoms with Crippen LogP contribution in [0.5, 0.6) is 5.75 Å². The molecule has 1 atom stereocenters. The molecule has 0 aliphatic heterocycles. The molecule has 122 valence electrons. The van der Waals surface area contributed by atoms with E-state index in [0.717, 1.165) is 6.07 Å². The maximum absolute atomic E-state index is 13.3. The van der Waals surface area contributed by atoms with Gasteiger partial charge in [0.1, 0.15) is 0 Å². The van der Waals surface area contributed by atoms with E-state index in [1.54, 1.807) is 0 Å². The molecule has 10 heteroatoms. The summed E-state index contributed by atoms with van der Waals surface area (Å²) in [5.41, 5.74) is 5.38. The van der Waals surface area contributed by atoms with E-state index >= 15 is 0 Å². The summed E-state index contributed by atoms with van der Waals surface area (Å²) in [5, 5.41) is 0. The van der Waals surface area contributed by atoms with Gasteiger partial charge in [-0.05, 0) is 24.1 Å². The normalized spacial score (nSPS) is 13.5. The number of halogens is 8. The molecule has 0 amide bonds. The van der Waals surface area contributed by atoms with Gasteiger partial charge in [-0.15, -0.1) is 25.6 Å². The van der Waals surface area contributed by atoms with E-state index in [9.17, 15) is 30.7 Å². The summed E-state index contributed by atoms with van der Waals surface area (Å²) >= 11 is 0. The van der Waals surface area contributed by atoms with Gasteiger partial charge in [0.2, 0.25) is 0 Å². The Hall–Kier alpha value is -1.22. The van der Waals surface area contributed by atoms with Gasteiger partial charge in [-0.2, -0.15) is 13.2 Å². The van der Waals surface area contributed by atoms with E-state index in [0.29, 0.717) is 12.1 Å². The van der Waals surface area contributed by atoms with Crippen LogP contribution in [0.3, 0.4) is 0 Å². The third-order valence-electron chi connectivity index (χ3n) is 2.35. The summed E-state index contributed by atoms with van der Waals surface area (Å²) in [6.07, 6.45) is -11.1. The van der Waals surface area contributed by atoms with Crippen LogP contribution in [0.25, 0.3) is 0 Å². The van der Waals surface area contributed by atoms with Crippen LogP contribution < -0.4 is 10.5 Å². The van der Waals surface area contributed by atoms with Gasteiger partial charge in [-0.1, -0.05) is 6.07 Å². The quantitative estimate of drug-likeness (QED) is 0.819. The monoisotopic (exact) mass is 341 g/mol. The summed E-state index contributed by atoms with van der Waals surface area (Å²) in [5.74, 6) is -2.41. The first-order chi connectivity index (χ1) is 8.98. The molecule has 2 N–H and O–H groups in total. The number of ether oxygens (including phenoxy) is 1. The predicted molar refractivity (Wildman–Crippen MR) is 62.5 cm³/mol. The van der Waals surface area contributed by atoms with E-state index in [1.807, 2.05) is 0 Å². The number of alkyl halides is 6. The van der Waals surface area contributed by atoms with Crippen molar-refractivity contribution in [1.82, 2.24) is 0 Å². The van der Waals surface area contributed by atoms with Crippen molar-refractivity contribution in [2.24, 2.45) is 5.73 Å². The number of hydrogen-bond donors (Lipinski definition) is 1. The molecule has 2 nitrogen and oxygen atoms in total. The molecule has 1 rings (SSSR count). The molecule has 0 aliphatic rings. The number of benzene rings is 1. The van der Waals surface area contributed by atoms with Gasteiger partial charge in [0.25, 0.3) is 0 Å². The first-order valence-corrected chi connectivity index (χ1v) is 5.35. The van der Waals surface area contributed by atoms with Crippen LogP contribution in [-0.2, 0) is 0 Å². The maximum Gasteiger partial charge on any atom is 0.573 e. The van der Waals surface area contributed by atoms with Gasteiger partial charge in [-0.25, -0.2) is 4.39 Å². The fraction of sp³-hybridized carbons (Fsp3) is 0.455. The minimum Gasteiger partial charge on any atom is -0.403 e. The Morgan fingerprint density at radius 2 is 1.67 bits per heavy atom. The Kier molecular flexibility index (Phi) is 6.75. The average Bonchev–Trinajstić information content (AvgIpc) is 2.26. The lowest BCUT2D eigenvalue weighted by Gasteiger charge is -2.15. The fourth-order valence-corrected chi connectivity index (χ4v) is 1.44. The minimum absolute atomic E-state index is 0. The highest BCUT2D eigenvalue weighted by Gasteiger charge is 2.32. The fourth-order valence-electron chi connectivity index (χ4n) is 1.44. The van der Waals surface area contributed by atoms with Crippen LogP contribution in [0.4, 0.5) is 30.7 Å². The van der Waals surface area contributed by atoms with Crippen LogP contribution in [0.1, 0.15) is 24.4 Å². The lowest BCUT2D eigenvalue weighted by Crippen LogP contribution is -2.19. The molecule has 1 aromatic rings. The van der Waals surface area contributed by atoms with Gasteiger partial charge in [0.05, 0.1) is 0 Å². The van der Waals surface area contributed by atoms with Crippen molar-refractivity contribution in [2.45, 2.75) is 31.4 Å². The first-order valence-electron chi connectivity index (χ1n) is 5.35. The third kappa shape index (κ3) is 7.37. The summed E-state index contributed by atoms with van der Waals surface area (Å²) in [7, 11) is 0. The van der Waals surface area contributed by atoms with Crippen molar-refractivity contribution in [2.75, 3.05) is 0 Å². The van der Waals surface area contributed by atoms with Crippen molar-refractivity contribution in [3.05, 3.63) is 29.6 Å². The van der Waals surface area contributed by atoms with Crippen molar-refractivity contribution < 1.29 is 35.5 Å². The Morgan fingerprint density at radius 3 is 2.10 bits per heavy atom. The van der Waals surface area contributed by atoms with Crippen LogP contribution in [0.15, 0.2) is 18.2 Å². The highest BCUT2D eigenvalue weighted by molar-refractivity contribution is 5.85. The lowest BCUT2D eigenvalue weighted by atomic mass is 10.0. The summed E-state index contributed by atoms with van der Waals surface area (Å²) < 4.78 is 88.3. The summed E-state index contributed by atoms with van der Waals surface area (Å²) in [6.45, 7) is 0. The molecular weight excluding hydrogens is 331 g/mol. The van der Waals surface area contributed by atoms with Crippen LogP contribution in [0.2, 0.25) is 0 Å². The van der Waals surface area contributed by atoms with Crippen molar-refractivity contribution in [3.8, 4) is 5.75 Å². The lowest BCUT2D eigenvalue weighted by molar-refractivity contribution is -0.275. The largest absolute Gasteiger partial charge is 0.573 e. The minimum atomic E-state index is -5.05. The zero-order chi connectivity index (χ0) is 15.6. The van der Waals surface area contributed by atoms with Gasteiger partial charge >= 0.3 is 12.5 Å². The molecule has 0 spiro atoms. The molecule has 0 saturated heterocycles. The van der Waals surface area contributed by atoms with E-state index in [1.165, 1.54) is 0 Å². The first kappa shape index (κ1) is 19.8. The van der Waals surface area contributed by atoms with Crippen LogP contribution in [0, 0.1) is 5.82 Å². The summed E-state index contributed by atoms with van der Waals surface area (Å²) in [4.78, 5) is 0. The molecule has 0 unspecified atom stereocenters. The predicted octanol–water partition coefficient (Wildman–Crippen LogP) is 4.49. The van der Waals surface area contributed by atoms with E-state index in [2.05, 4.69) is 4.74 Å². The van der Waals surface area contributed by atoms with E-state index in [-0.39, 0.29) is 18.0 Å². The molecular formula is C11H11ClF7NO. The van der Waals surface area contributed by atoms with Gasteiger partial charge in [0, 0.05) is 12.5 Å². The standard InChI is InChI=1S/C11H10F7NO.ClH/c12-7-5-6(8(19)3-4-10(13,14)15)1-2-9(7)20-11(16,17)18;/h1-2,5,8H,3-4,19H2;1H/t8-;/m1./s1. The highest BCUT2D eigenvalue weighted by atomic mass is 35.5. The Morgan fingerprint density at radius 1 is 1.10 bits per heavy atom. The third-order valence-corrected chi connectivity index (χ3v) is 2.35. The molecule has 21 heavy (non-hydrogen) atoms. The number of rotatable bonds is 4. The zero-order valence-corrected chi connectivity index (χ0v) is 11.1. The Labute approximate surface area is 121 Å². The van der Waals surface area contributed by atoms with Crippen LogP contribution in [-0.4, -0.2) is 12.5 Å². The van der Waals surface area contributed by atoms with E-state index in [4.69, 9.17) is 5.73 Å².